The van der Waals surface area contributed by atoms with Crippen molar-refractivity contribution in [1.29, 1.82) is 0 Å². The largest absolute Gasteiger partial charge is 0.460 e. The lowest BCUT2D eigenvalue weighted by molar-refractivity contribution is -0.165. The Hall–Kier alpha value is -4.05. The summed E-state index contributed by atoms with van der Waals surface area (Å²) in [6.45, 7) is 1.99. The number of carbonyl (C=O) groups excluding carboxylic acids is 1. The minimum absolute atomic E-state index is 0.238. The maximum absolute atomic E-state index is 12.5. The van der Waals surface area contributed by atoms with Crippen molar-refractivity contribution in [2.75, 3.05) is 6.61 Å². The molecule has 0 aliphatic rings. The van der Waals surface area contributed by atoms with Crippen LogP contribution in [-0.2, 0) is 9.53 Å². The number of ether oxygens (including phenoxy) is 3. The quantitative estimate of drug-likeness (QED) is 0.244. The molecule has 0 aliphatic heterocycles. The predicted molar refractivity (Wildman–Crippen MR) is 125 cm³/mol. The molecule has 4 heteroatoms. The SMILES string of the molecule is CCOC(=O)C(Oc1ccc(-c2ccccc2)cc1)Oc1ccc(-c2ccccc2)cc1. The Bertz CT molecular complexity index is 1040. The van der Waals surface area contributed by atoms with Gasteiger partial charge in [0.1, 0.15) is 11.5 Å². The fourth-order valence-corrected chi connectivity index (χ4v) is 3.29. The van der Waals surface area contributed by atoms with E-state index in [0.717, 1.165) is 22.3 Å². The van der Waals surface area contributed by atoms with Crippen LogP contribution in [0.25, 0.3) is 22.3 Å². The second kappa shape index (κ2) is 10.3. The molecule has 32 heavy (non-hydrogen) atoms. The molecule has 0 amide bonds. The van der Waals surface area contributed by atoms with Crippen molar-refractivity contribution in [1.82, 2.24) is 0 Å². The molecule has 160 valence electrons. The highest BCUT2D eigenvalue weighted by Gasteiger charge is 2.24. The van der Waals surface area contributed by atoms with Crippen molar-refractivity contribution >= 4 is 5.97 Å². The van der Waals surface area contributed by atoms with Crippen LogP contribution in [0, 0.1) is 0 Å². The van der Waals surface area contributed by atoms with E-state index in [-0.39, 0.29) is 6.61 Å². The van der Waals surface area contributed by atoms with Gasteiger partial charge in [0.2, 0.25) is 0 Å². The number of benzene rings is 4. The molecule has 0 N–H and O–H groups in total. The number of hydrogen-bond acceptors (Lipinski definition) is 4. The van der Waals surface area contributed by atoms with Gasteiger partial charge in [0, 0.05) is 0 Å². The van der Waals surface area contributed by atoms with Gasteiger partial charge in [-0.25, -0.2) is 4.79 Å². The van der Waals surface area contributed by atoms with E-state index in [1.807, 2.05) is 109 Å². The average Bonchev–Trinajstić information content (AvgIpc) is 2.86. The van der Waals surface area contributed by atoms with Gasteiger partial charge in [0.15, 0.2) is 0 Å². The Labute approximate surface area is 188 Å². The van der Waals surface area contributed by atoms with Gasteiger partial charge in [-0.3, -0.25) is 0 Å². The van der Waals surface area contributed by atoms with Gasteiger partial charge in [-0.2, -0.15) is 0 Å². The third kappa shape index (κ3) is 5.35. The molecular formula is C28H24O4. The van der Waals surface area contributed by atoms with Crippen LogP contribution < -0.4 is 9.47 Å². The number of esters is 1. The standard InChI is InChI=1S/C28H24O4/c1-2-30-27(29)28(31-25-17-13-23(14-18-25)21-9-5-3-6-10-21)32-26-19-15-24(16-20-26)22-11-7-4-8-12-22/h3-20,28H,2H2,1H3. The van der Waals surface area contributed by atoms with E-state index in [4.69, 9.17) is 14.2 Å². The van der Waals surface area contributed by atoms with Gasteiger partial charge in [0.05, 0.1) is 6.61 Å². The fraction of sp³-hybridized carbons (Fsp3) is 0.107. The van der Waals surface area contributed by atoms with Crippen molar-refractivity contribution in [2.45, 2.75) is 13.2 Å². The first-order valence-corrected chi connectivity index (χ1v) is 10.5. The molecule has 0 atom stereocenters. The molecule has 0 radical (unpaired) electrons. The topological polar surface area (TPSA) is 44.8 Å². The molecule has 0 bridgehead atoms. The molecule has 0 unspecified atom stereocenters. The second-order valence-electron chi connectivity index (χ2n) is 7.10. The summed E-state index contributed by atoms with van der Waals surface area (Å²) in [6, 6.07) is 35.1. The molecular weight excluding hydrogens is 400 g/mol. The summed E-state index contributed by atoms with van der Waals surface area (Å²) in [7, 11) is 0. The average molecular weight is 424 g/mol. The molecule has 0 heterocycles. The molecule has 4 aromatic rings. The van der Waals surface area contributed by atoms with E-state index in [1.165, 1.54) is 0 Å². The first kappa shape index (κ1) is 21.2. The predicted octanol–water partition coefficient (Wildman–Crippen LogP) is 6.37. The lowest BCUT2D eigenvalue weighted by atomic mass is 10.1. The van der Waals surface area contributed by atoms with E-state index < -0.39 is 12.3 Å². The van der Waals surface area contributed by atoms with Gasteiger partial charge in [-0.05, 0) is 53.4 Å². The first-order valence-electron chi connectivity index (χ1n) is 10.5. The molecule has 0 saturated heterocycles. The Morgan fingerprint density at radius 3 is 1.34 bits per heavy atom. The van der Waals surface area contributed by atoms with Crippen molar-refractivity contribution < 1.29 is 19.0 Å². The first-order chi connectivity index (χ1) is 15.7. The molecule has 0 aliphatic carbocycles. The van der Waals surface area contributed by atoms with Gasteiger partial charge in [-0.15, -0.1) is 0 Å². The molecule has 4 nitrogen and oxygen atoms in total. The smallest absolute Gasteiger partial charge is 0.389 e. The minimum atomic E-state index is -1.21. The molecule has 4 rings (SSSR count). The van der Waals surface area contributed by atoms with E-state index in [1.54, 1.807) is 6.92 Å². The van der Waals surface area contributed by atoms with E-state index in [2.05, 4.69) is 0 Å². The van der Waals surface area contributed by atoms with E-state index in [0.29, 0.717) is 11.5 Å². The fourth-order valence-electron chi connectivity index (χ4n) is 3.29. The van der Waals surface area contributed by atoms with Gasteiger partial charge >= 0.3 is 12.3 Å². The van der Waals surface area contributed by atoms with Crippen LogP contribution in [0.1, 0.15) is 6.92 Å². The summed E-state index contributed by atoms with van der Waals surface area (Å²) < 4.78 is 16.8. The van der Waals surface area contributed by atoms with Crippen molar-refractivity contribution in [3.63, 3.8) is 0 Å². The van der Waals surface area contributed by atoms with Crippen molar-refractivity contribution in [3.05, 3.63) is 109 Å². The minimum Gasteiger partial charge on any atom is -0.460 e. The summed E-state index contributed by atoms with van der Waals surface area (Å²) in [6.07, 6.45) is -1.21. The zero-order chi connectivity index (χ0) is 22.2. The Kier molecular flexibility index (Phi) is 6.83. The van der Waals surface area contributed by atoms with E-state index >= 15 is 0 Å². The van der Waals surface area contributed by atoms with Crippen LogP contribution >= 0.6 is 0 Å². The maximum Gasteiger partial charge on any atom is 0.389 e. The normalized spacial score (nSPS) is 10.6. The number of carbonyl (C=O) groups is 1. The molecule has 0 spiro atoms. The number of hydrogen-bond donors (Lipinski definition) is 0. The van der Waals surface area contributed by atoms with Gasteiger partial charge < -0.3 is 14.2 Å². The summed E-state index contributed by atoms with van der Waals surface area (Å²) >= 11 is 0. The van der Waals surface area contributed by atoms with E-state index in [9.17, 15) is 4.79 Å². The summed E-state index contributed by atoms with van der Waals surface area (Å²) in [5.74, 6) is 0.457. The van der Waals surface area contributed by atoms with Crippen molar-refractivity contribution in [2.24, 2.45) is 0 Å². The third-order valence-corrected chi connectivity index (χ3v) is 4.89. The highest BCUT2D eigenvalue weighted by atomic mass is 16.7. The van der Waals surface area contributed by atoms with Gasteiger partial charge in [0.25, 0.3) is 0 Å². The third-order valence-electron chi connectivity index (χ3n) is 4.89. The zero-order valence-corrected chi connectivity index (χ0v) is 17.8. The molecule has 0 aromatic heterocycles. The van der Waals surface area contributed by atoms with Crippen LogP contribution in [0.15, 0.2) is 109 Å². The van der Waals surface area contributed by atoms with Crippen molar-refractivity contribution in [3.8, 4) is 33.8 Å². The lowest BCUT2D eigenvalue weighted by Crippen LogP contribution is -2.35. The lowest BCUT2D eigenvalue weighted by Gasteiger charge is -2.19. The van der Waals surface area contributed by atoms with Crippen LogP contribution in [0.4, 0.5) is 0 Å². The monoisotopic (exact) mass is 424 g/mol. The Morgan fingerprint density at radius 2 is 0.969 bits per heavy atom. The molecule has 4 aromatic carbocycles. The Morgan fingerprint density at radius 1 is 0.594 bits per heavy atom. The maximum atomic E-state index is 12.5. The molecule has 0 saturated carbocycles. The van der Waals surface area contributed by atoms with Crippen LogP contribution in [0.2, 0.25) is 0 Å². The van der Waals surface area contributed by atoms with Crippen LogP contribution in [0.3, 0.4) is 0 Å². The summed E-state index contributed by atoms with van der Waals surface area (Å²) in [4.78, 5) is 12.5. The van der Waals surface area contributed by atoms with Crippen LogP contribution in [0.5, 0.6) is 11.5 Å². The highest BCUT2D eigenvalue weighted by Crippen LogP contribution is 2.25. The second-order valence-corrected chi connectivity index (χ2v) is 7.10. The van der Waals surface area contributed by atoms with Crippen LogP contribution in [-0.4, -0.2) is 18.9 Å². The number of rotatable bonds is 8. The van der Waals surface area contributed by atoms with Gasteiger partial charge in [-0.1, -0.05) is 84.9 Å². The summed E-state index contributed by atoms with van der Waals surface area (Å²) in [5, 5.41) is 0. The molecule has 0 fully saturated rings. The summed E-state index contributed by atoms with van der Waals surface area (Å²) in [5.41, 5.74) is 4.33. The Balaban J connectivity index is 1.48. The zero-order valence-electron chi connectivity index (χ0n) is 17.8. The highest BCUT2D eigenvalue weighted by molar-refractivity contribution is 5.74.